The summed E-state index contributed by atoms with van der Waals surface area (Å²) in [5, 5.41) is 6.80. The minimum absolute atomic E-state index is 0.0874. The number of benzene rings is 1. The Labute approximate surface area is 109 Å². The van der Waals surface area contributed by atoms with Crippen LogP contribution in [-0.4, -0.2) is 9.78 Å². The minimum Gasteiger partial charge on any atom is -0.267 e. The van der Waals surface area contributed by atoms with E-state index in [1.165, 1.54) is 16.0 Å². The molecule has 0 bridgehead atoms. The van der Waals surface area contributed by atoms with Gasteiger partial charge in [-0.05, 0) is 39.5 Å². The van der Waals surface area contributed by atoms with E-state index >= 15 is 0 Å². The maximum absolute atomic E-state index is 12.2. The zero-order valence-electron chi connectivity index (χ0n) is 8.63. The van der Waals surface area contributed by atoms with Crippen molar-refractivity contribution in [2.45, 2.75) is 0 Å². The second-order valence-corrected chi connectivity index (χ2v) is 5.31. The van der Waals surface area contributed by atoms with Gasteiger partial charge in [0.15, 0.2) is 0 Å². The average molecular weight is 307 g/mol. The molecular weight excluding hydrogens is 300 g/mol. The normalized spacial score (nSPS) is 10.9. The van der Waals surface area contributed by atoms with E-state index in [-0.39, 0.29) is 5.56 Å². The lowest BCUT2D eigenvalue weighted by atomic mass is 10.3. The van der Waals surface area contributed by atoms with Crippen molar-refractivity contribution in [1.82, 2.24) is 9.78 Å². The zero-order valence-corrected chi connectivity index (χ0v) is 11.0. The highest BCUT2D eigenvalue weighted by atomic mass is 79.9. The molecule has 5 heteroatoms. The topological polar surface area (TPSA) is 34.9 Å². The molecule has 0 radical (unpaired) electrons. The predicted octanol–water partition coefficient (Wildman–Crippen LogP) is 3.21. The molecule has 3 rings (SSSR count). The average Bonchev–Trinajstić information content (AvgIpc) is 2.80. The Kier molecular flexibility index (Phi) is 2.57. The number of hydrogen-bond donors (Lipinski definition) is 0. The summed E-state index contributed by atoms with van der Waals surface area (Å²) in [4.78, 5) is 12.2. The molecule has 0 spiro atoms. The van der Waals surface area contributed by atoms with E-state index in [1.54, 1.807) is 6.20 Å². The van der Waals surface area contributed by atoms with Crippen LogP contribution in [0.5, 0.6) is 0 Å². The first kappa shape index (κ1) is 10.7. The van der Waals surface area contributed by atoms with Crippen molar-refractivity contribution < 1.29 is 0 Å². The fraction of sp³-hybridized carbons (Fsp3) is 0. The Balaban J connectivity index is 2.35. The summed E-state index contributed by atoms with van der Waals surface area (Å²) in [5.41, 5.74) is 0.668. The van der Waals surface area contributed by atoms with Gasteiger partial charge in [0.1, 0.15) is 0 Å². The van der Waals surface area contributed by atoms with Crippen molar-refractivity contribution in [2.24, 2.45) is 0 Å². The smallest absolute Gasteiger partial charge is 0.267 e. The molecule has 0 fully saturated rings. The molecular formula is C12H7BrN2OS. The Hall–Kier alpha value is -1.46. The molecule has 3 aromatic rings. The van der Waals surface area contributed by atoms with Crippen molar-refractivity contribution in [3.8, 4) is 5.69 Å². The number of para-hydroxylation sites is 1. The first-order valence-electron chi connectivity index (χ1n) is 4.98. The van der Waals surface area contributed by atoms with Crippen molar-refractivity contribution in [3.63, 3.8) is 0 Å². The number of rotatable bonds is 1. The number of thiophene rings is 1. The fourth-order valence-electron chi connectivity index (χ4n) is 1.67. The molecule has 3 nitrogen and oxygen atoms in total. The van der Waals surface area contributed by atoms with Crippen molar-refractivity contribution in [3.05, 3.63) is 56.7 Å². The number of fused-ring (bicyclic) bond motifs is 1. The van der Waals surface area contributed by atoms with Gasteiger partial charge in [0, 0.05) is 4.47 Å². The molecule has 2 aromatic heterocycles. The van der Waals surface area contributed by atoms with Gasteiger partial charge in [-0.25, -0.2) is 0 Å². The number of halogens is 1. The van der Waals surface area contributed by atoms with Gasteiger partial charge in [0.25, 0.3) is 5.56 Å². The van der Waals surface area contributed by atoms with Crippen molar-refractivity contribution in [1.29, 1.82) is 0 Å². The summed E-state index contributed by atoms with van der Waals surface area (Å²) in [6, 6.07) is 9.36. The molecule has 2 heterocycles. The van der Waals surface area contributed by atoms with Crippen LogP contribution in [0, 0.1) is 0 Å². The molecule has 0 aliphatic carbocycles. The van der Waals surface area contributed by atoms with Crippen LogP contribution in [0.3, 0.4) is 0 Å². The molecule has 1 aromatic carbocycles. The van der Waals surface area contributed by atoms with Crippen molar-refractivity contribution in [2.75, 3.05) is 0 Å². The standard InChI is InChI=1S/C12H7BrN2OS/c13-9-3-1-2-4-10(9)15-12(16)8-5-6-17-11(8)7-14-15/h1-7H. The molecule has 0 N–H and O–H groups in total. The molecule has 84 valence electrons. The second kappa shape index (κ2) is 4.09. The van der Waals surface area contributed by atoms with Crippen LogP contribution >= 0.6 is 27.3 Å². The van der Waals surface area contributed by atoms with Crippen LogP contribution in [-0.2, 0) is 0 Å². The second-order valence-electron chi connectivity index (χ2n) is 3.51. The van der Waals surface area contributed by atoms with Crippen LogP contribution in [0.15, 0.2) is 51.2 Å². The van der Waals surface area contributed by atoms with Crippen LogP contribution < -0.4 is 5.56 Å². The molecule has 0 saturated heterocycles. The largest absolute Gasteiger partial charge is 0.280 e. The van der Waals surface area contributed by atoms with Crippen LogP contribution in [0.1, 0.15) is 0 Å². The van der Waals surface area contributed by atoms with Gasteiger partial charge in [-0.15, -0.1) is 11.3 Å². The highest BCUT2D eigenvalue weighted by Gasteiger charge is 2.08. The van der Waals surface area contributed by atoms with Gasteiger partial charge >= 0.3 is 0 Å². The lowest BCUT2D eigenvalue weighted by Gasteiger charge is -2.05. The van der Waals surface area contributed by atoms with Gasteiger partial charge in [-0.1, -0.05) is 12.1 Å². The van der Waals surface area contributed by atoms with Gasteiger partial charge in [0.05, 0.1) is 22.0 Å². The molecule has 0 atom stereocenters. The summed E-state index contributed by atoms with van der Waals surface area (Å²) in [6.45, 7) is 0. The van der Waals surface area contributed by atoms with Gasteiger partial charge in [-0.3, -0.25) is 4.79 Å². The van der Waals surface area contributed by atoms with E-state index in [9.17, 15) is 4.79 Å². The minimum atomic E-state index is -0.0874. The van der Waals surface area contributed by atoms with E-state index in [0.29, 0.717) is 5.39 Å². The number of nitrogens with zero attached hydrogens (tertiary/aromatic N) is 2. The lowest BCUT2D eigenvalue weighted by molar-refractivity contribution is 0.819. The Morgan fingerprint density at radius 3 is 2.88 bits per heavy atom. The quantitative estimate of drug-likeness (QED) is 0.692. The first-order chi connectivity index (χ1) is 8.27. The molecule has 0 saturated carbocycles. The lowest BCUT2D eigenvalue weighted by Crippen LogP contribution is -2.20. The summed E-state index contributed by atoms with van der Waals surface area (Å²) in [7, 11) is 0. The highest BCUT2D eigenvalue weighted by Crippen LogP contribution is 2.20. The Bertz CT molecular complexity index is 747. The highest BCUT2D eigenvalue weighted by molar-refractivity contribution is 9.10. The summed E-state index contributed by atoms with van der Waals surface area (Å²) < 4.78 is 3.18. The molecule has 0 amide bonds. The van der Waals surface area contributed by atoms with E-state index in [0.717, 1.165) is 14.9 Å². The summed E-state index contributed by atoms with van der Waals surface area (Å²) >= 11 is 4.95. The van der Waals surface area contributed by atoms with E-state index in [1.807, 2.05) is 35.7 Å². The maximum Gasteiger partial charge on any atom is 0.280 e. The number of aromatic nitrogens is 2. The van der Waals surface area contributed by atoms with E-state index < -0.39 is 0 Å². The molecule has 0 aliphatic rings. The van der Waals surface area contributed by atoms with E-state index in [2.05, 4.69) is 21.0 Å². The fourth-order valence-corrected chi connectivity index (χ4v) is 2.86. The molecule has 0 unspecified atom stereocenters. The number of hydrogen-bond acceptors (Lipinski definition) is 3. The summed E-state index contributed by atoms with van der Waals surface area (Å²) in [5.74, 6) is 0. The Morgan fingerprint density at radius 2 is 2.06 bits per heavy atom. The molecule has 17 heavy (non-hydrogen) atoms. The first-order valence-corrected chi connectivity index (χ1v) is 6.65. The predicted molar refractivity (Wildman–Crippen MR) is 72.9 cm³/mol. The third kappa shape index (κ3) is 1.71. The van der Waals surface area contributed by atoms with Crippen LogP contribution in [0.2, 0.25) is 0 Å². The third-order valence-corrected chi connectivity index (χ3v) is 4.01. The summed E-state index contributed by atoms with van der Waals surface area (Å²) in [6.07, 6.45) is 1.72. The van der Waals surface area contributed by atoms with Crippen molar-refractivity contribution >= 4 is 37.4 Å². The van der Waals surface area contributed by atoms with Crippen LogP contribution in [0.25, 0.3) is 15.8 Å². The van der Waals surface area contributed by atoms with Gasteiger partial charge in [-0.2, -0.15) is 9.78 Å². The van der Waals surface area contributed by atoms with Gasteiger partial charge in [0.2, 0.25) is 0 Å². The van der Waals surface area contributed by atoms with Gasteiger partial charge < -0.3 is 0 Å². The van der Waals surface area contributed by atoms with Crippen LogP contribution in [0.4, 0.5) is 0 Å². The molecule has 0 aliphatic heterocycles. The monoisotopic (exact) mass is 306 g/mol. The van der Waals surface area contributed by atoms with E-state index in [4.69, 9.17) is 0 Å². The zero-order chi connectivity index (χ0) is 11.8. The Morgan fingerprint density at radius 1 is 1.24 bits per heavy atom. The SMILES string of the molecule is O=c1c2ccsc2cnn1-c1ccccc1Br. The maximum atomic E-state index is 12.2. The third-order valence-electron chi connectivity index (χ3n) is 2.49.